The quantitative estimate of drug-likeness (QED) is 0.760. The first kappa shape index (κ1) is 8.48. The minimum Gasteiger partial charge on any atom is -0.303 e. The number of aryl methyl sites for hydroxylation is 1. The second-order valence-corrected chi connectivity index (χ2v) is 4.85. The average Bonchev–Trinajstić information content (AvgIpc) is 2.95. The Labute approximate surface area is 91.1 Å². The molecule has 14 heavy (non-hydrogen) atoms. The predicted octanol–water partition coefficient (Wildman–Crippen LogP) is 3.28. The number of aromatic nitrogens is 2. The van der Waals surface area contributed by atoms with E-state index in [1.54, 1.807) is 0 Å². The Kier molecular flexibility index (Phi) is 1.71. The van der Waals surface area contributed by atoms with E-state index >= 15 is 0 Å². The third-order valence-corrected chi connectivity index (χ3v) is 3.29. The maximum absolute atomic E-state index is 4.66. The zero-order chi connectivity index (χ0) is 9.71. The van der Waals surface area contributed by atoms with E-state index in [0.717, 1.165) is 16.0 Å². The number of rotatable bonds is 1. The maximum atomic E-state index is 4.66. The van der Waals surface area contributed by atoms with Gasteiger partial charge in [0, 0.05) is 22.3 Å². The SMILES string of the molecule is Cc1c(C2CC2)nc2ccc(Br)cn12. The van der Waals surface area contributed by atoms with Crippen molar-refractivity contribution in [2.75, 3.05) is 0 Å². The summed E-state index contributed by atoms with van der Waals surface area (Å²) in [7, 11) is 0. The van der Waals surface area contributed by atoms with Gasteiger partial charge >= 0.3 is 0 Å². The van der Waals surface area contributed by atoms with Crippen molar-refractivity contribution >= 4 is 21.6 Å². The Morgan fingerprint density at radius 2 is 2.21 bits per heavy atom. The predicted molar refractivity (Wildman–Crippen MR) is 59.6 cm³/mol. The molecule has 3 heteroatoms. The van der Waals surface area contributed by atoms with E-state index < -0.39 is 0 Å². The Morgan fingerprint density at radius 1 is 1.43 bits per heavy atom. The summed E-state index contributed by atoms with van der Waals surface area (Å²) in [6, 6.07) is 4.10. The summed E-state index contributed by atoms with van der Waals surface area (Å²) < 4.78 is 3.27. The highest BCUT2D eigenvalue weighted by Crippen LogP contribution is 2.41. The smallest absolute Gasteiger partial charge is 0.137 e. The molecule has 0 bridgehead atoms. The molecule has 1 aliphatic carbocycles. The van der Waals surface area contributed by atoms with Crippen molar-refractivity contribution in [2.45, 2.75) is 25.7 Å². The maximum Gasteiger partial charge on any atom is 0.137 e. The standard InChI is InChI=1S/C11H11BrN2/c1-7-11(8-2-3-8)13-10-5-4-9(12)6-14(7)10/h4-6,8H,2-3H2,1H3. The molecular formula is C11H11BrN2. The minimum absolute atomic E-state index is 0.730. The second kappa shape index (κ2) is 2.83. The van der Waals surface area contributed by atoms with Crippen LogP contribution in [0.1, 0.15) is 30.1 Å². The molecular weight excluding hydrogens is 240 g/mol. The molecule has 3 rings (SSSR count). The molecule has 0 saturated heterocycles. The highest BCUT2D eigenvalue weighted by Gasteiger charge is 2.28. The summed E-state index contributed by atoms with van der Waals surface area (Å²) in [5.74, 6) is 0.730. The van der Waals surface area contributed by atoms with Gasteiger partial charge in [0.1, 0.15) is 5.65 Å². The van der Waals surface area contributed by atoms with Crippen molar-refractivity contribution in [1.82, 2.24) is 9.38 Å². The van der Waals surface area contributed by atoms with Gasteiger partial charge in [-0.1, -0.05) is 0 Å². The molecule has 1 saturated carbocycles. The van der Waals surface area contributed by atoms with Crippen LogP contribution in [0, 0.1) is 6.92 Å². The number of fused-ring (bicyclic) bond motifs is 1. The van der Waals surface area contributed by atoms with Crippen LogP contribution in [-0.4, -0.2) is 9.38 Å². The molecule has 2 heterocycles. The summed E-state index contributed by atoms with van der Waals surface area (Å²) >= 11 is 3.48. The first-order chi connectivity index (χ1) is 6.75. The fraction of sp³-hybridized carbons (Fsp3) is 0.364. The summed E-state index contributed by atoms with van der Waals surface area (Å²) in [5.41, 5.74) is 3.65. The van der Waals surface area contributed by atoms with Gasteiger partial charge in [-0.3, -0.25) is 0 Å². The number of pyridine rings is 1. The van der Waals surface area contributed by atoms with Crippen molar-refractivity contribution in [3.63, 3.8) is 0 Å². The van der Waals surface area contributed by atoms with Gasteiger partial charge < -0.3 is 4.40 Å². The fourth-order valence-electron chi connectivity index (χ4n) is 1.90. The average molecular weight is 251 g/mol. The number of nitrogens with zero attached hydrogens (tertiary/aromatic N) is 2. The zero-order valence-corrected chi connectivity index (χ0v) is 9.58. The van der Waals surface area contributed by atoms with Crippen molar-refractivity contribution < 1.29 is 0 Å². The lowest BCUT2D eigenvalue weighted by molar-refractivity contribution is 1.01. The second-order valence-electron chi connectivity index (χ2n) is 3.93. The topological polar surface area (TPSA) is 17.3 Å². The minimum atomic E-state index is 0.730. The first-order valence-electron chi connectivity index (χ1n) is 4.90. The molecule has 0 radical (unpaired) electrons. The van der Waals surface area contributed by atoms with Gasteiger partial charge in [-0.2, -0.15) is 0 Å². The summed E-state index contributed by atoms with van der Waals surface area (Å²) in [5, 5.41) is 0. The van der Waals surface area contributed by atoms with Gasteiger partial charge in [0.05, 0.1) is 5.69 Å². The lowest BCUT2D eigenvalue weighted by atomic mass is 10.2. The largest absolute Gasteiger partial charge is 0.303 e. The first-order valence-corrected chi connectivity index (χ1v) is 5.69. The van der Waals surface area contributed by atoms with Crippen LogP contribution in [-0.2, 0) is 0 Å². The summed E-state index contributed by atoms with van der Waals surface area (Å²) in [6.45, 7) is 2.15. The Hall–Kier alpha value is -0.830. The summed E-state index contributed by atoms with van der Waals surface area (Å²) in [6.07, 6.45) is 4.71. The van der Waals surface area contributed by atoms with Gasteiger partial charge in [-0.15, -0.1) is 0 Å². The lowest BCUT2D eigenvalue weighted by Gasteiger charge is -1.97. The van der Waals surface area contributed by atoms with Gasteiger partial charge in [0.25, 0.3) is 0 Å². The van der Waals surface area contributed by atoms with E-state index in [1.165, 1.54) is 24.2 Å². The molecule has 0 unspecified atom stereocenters. The summed E-state index contributed by atoms with van der Waals surface area (Å²) in [4.78, 5) is 4.66. The van der Waals surface area contributed by atoms with E-state index in [-0.39, 0.29) is 0 Å². The molecule has 1 fully saturated rings. The van der Waals surface area contributed by atoms with Crippen molar-refractivity contribution in [1.29, 1.82) is 0 Å². The van der Waals surface area contributed by atoms with Crippen LogP contribution in [0.25, 0.3) is 5.65 Å². The molecule has 0 aromatic carbocycles. The molecule has 0 atom stereocenters. The normalized spacial score (nSPS) is 16.4. The van der Waals surface area contributed by atoms with E-state index in [9.17, 15) is 0 Å². The number of hydrogen-bond acceptors (Lipinski definition) is 1. The van der Waals surface area contributed by atoms with E-state index in [1.807, 2.05) is 6.07 Å². The van der Waals surface area contributed by atoms with Crippen molar-refractivity contribution in [2.24, 2.45) is 0 Å². The number of imidazole rings is 1. The molecule has 0 spiro atoms. The van der Waals surface area contributed by atoms with Crippen LogP contribution in [0.5, 0.6) is 0 Å². The number of hydrogen-bond donors (Lipinski definition) is 0. The van der Waals surface area contributed by atoms with E-state index in [4.69, 9.17) is 0 Å². The fourth-order valence-corrected chi connectivity index (χ4v) is 2.23. The third-order valence-electron chi connectivity index (χ3n) is 2.82. The molecule has 2 nitrogen and oxygen atoms in total. The monoisotopic (exact) mass is 250 g/mol. The molecule has 0 amide bonds. The number of halogens is 1. The molecule has 0 aliphatic heterocycles. The molecule has 72 valence electrons. The van der Waals surface area contributed by atoms with Crippen LogP contribution in [0.4, 0.5) is 0 Å². The molecule has 2 aromatic rings. The van der Waals surface area contributed by atoms with Crippen molar-refractivity contribution in [3.8, 4) is 0 Å². The van der Waals surface area contributed by atoms with Gasteiger partial charge in [-0.25, -0.2) is 4.98 Å². The van der Waals surface area contributed by atoms with Crippen LogP contribution in [0.3, 0.4) is 0 Å². The van der Waals surface area contributed by atoms with Gasteiger partial charge in [0.2, 0.25) is 0 Å². The lowest BCUT2D eigenvalue weighted by Crippen LogP contribution is -1.88. The zero-order valence-electron chi connectivity index (χ0n) is 8.00. The highest BCUT2D eigenvalue weighted by molar-refractivity contribution is 9.10. The van der Waals surface area contributed by atoms with E-state index in [0.29, 0.717) is 0 Å². The Morgan fingerprint density at radius 3 is 2.93 bits per heavy atom. The van der Waals surface area contributed by atoms with Crippen LogP contribution in [0.2, 0.25) is 0 Å². The van der Waals surface area contributed by atoms with Crippen LogP contribution in [0.15, 0.2) is 22.8 Å². The van der Waals surface area contributed by atoms with Gasteiger partial charge in [-0.05, 0) is 47.8 Å². The van der Waals surface area contributed by atoms with Crippen molar-refractivity contribution in [3.05, 3.63) is 34.2 Å². The van der Waals surface area contributed by atoms with Crippen LogP contribution >= 0.6 is 15.9 Å². The molecule has 2 aromatic heterocycles. The molecule has 1 aliphatic rings. The van der Waals surface area contributed by atoms with Crippen LogP contribution < -0.4 is 0 Å². The third kappa shape index (κ3) is 1.19. The Bertz CT molecular complexity index is 497. The highest BCUT2D eigenvalue weighted by atomic mass is 79.9. The molecule has 0 N–H and O–H groups in total. The van der Waals surface area contributed by atoms with E-state index in [2.05, 4.69) is 44.5 Å². The Balaban J connectivity index is 2.29. The van der Waals surface area contributed by atoms with Gasteiger partial charge in [0.15, 0.2) is 0 Å².